The van der Waals surface area contributed by atoms with E-state index in [1.165, 1.54) is 21.9 Å². The van der Waals surface area contributed by atoms with Crippen molar-refractivity contribution in [1.82, 2.24) is 5.32 Å². The number of hydrogen-bond acceptors (Lipinski definition) is 3. The van der Waals surface area contributed by atoms with Crippen molar-refractivity contribution in [3.8, 4) is 11.5 Å². The first kappa shape index (κ1) is 18.7. The number of hydrogen-bond donors (Lipinski definition) is 3. The van der Waals surface area contributed by atoms with Gasteiger partial charge < -0.3 is 24.6 Å². The normalized spacial score (nSPS) is 21.9. The summed E-state index contributed by atoms with van der Waals surface area (Å²) in [5.74, 6) is 0.593. The van der Waals surface area contributed by atoms with Gasteiger partial charge in [-0.3, -0.25) is 4.79 Å². The van der Waals surface area contributed by atoms with Crippen LogP contribution in [0.5, 0.6) is 11.5 Å². The number of carbonyl (C=O) groups is 1. The van der Waals surface area contributed by atoms with Crippen LogP contribution < -0.4 is 24.6 Å². The van der Waals surface area contributed by atoms with Gasteiger partial charge in [0.1, 0.15) is 38.0 Å². The Bertz CT molecular complexity index is 853. The highest BCUT2D eigenvalue weighted by atomic mass is 19.1. The predicted molar refractivity (Wildman–Crippen MR) is 101 cm³/mol. The zero-order valence-corrected chi connectivity index (χ0v) is 16.0. The number of rotatable bonds is 5. The van der Waals surface area contributed by atoms with Crippen molar-refractivity contribution in [1.29, 1.82) is 0 Å². The molecule has 2 aliphatic heterocycles. The molecule has 6 nitrogen and oxygen atoms in total. The van der Waals surface area contributed by atoms with Crippen LogP contribution >= 0.6 is 0 Å². The largest absolute Gasteiger partial charge is 0.454 e. The molecule has 2 aliphatic rings. The summed E-state index contributed by atoms with van der Waals surface area (Å²) in [4.78, 5) is 15.4. The number of halogens is 1. The zero-order valence-electron chi connectivity index (χ0n) is 16.0. The average molecular weight is 387 g/mol. The molecule has 0 radical (unpaired) electrons. The van der Waals surface area contributed by atoms with Crippen molar-refractivity contribution >= 4 is 5.91 Å². The van der Waals surface area contributed by atoms with E-state index in [0.717, 1.165) is 43.2 Å². The Morgan fingerprint density at radius 3 is 2.64 bits per heavy atom. The van der Waals surface area contributed by atoms with E-state index in [2.05, 4.69) is 12.4 Å². The van der Waals surface area contributed by atoms with Crippen LogP contribution in [0, 0.1) is 5.82 Å². The summed E-state index contributed by atoms with van der Waals surface area (Å²) in [7, 11) is 2.20. The van der Waals surface area contributed by atoms with Crippen LogP contribution in [0.15, 0.2) is 42.5 Å². The van der Waals surface area contributed by atoms with Gasteiger partial charge in [0.2, 0.25) is 6.79 Å². The standard InChI is InChI=1S/C21H24FN3O3/c1-24-8-10-25(11-9-24)18(15-6-7-19-20(12-15)28-14-27-19)13-23-21(26)16-4-2-3-5-17(16)22/h2-7,12,18H,8-11,13-14H2,1H3,(H,23,26)/p+2/t18-/m1/s1. The lowest BCUT2D eigenvalue weighted by Gasteiger charge is -2.33. The van der Waals surface area contributed by atoms with Crippen molar-refractivity contribution in [3.63, 3.8) is 0 Å². The van der Waals surface area contributed by atoms with Crippen LogP contribution in [0.2, 0.25) is 0 Å². The first-order valence-corrected chi connectivity index (χ1v) is 9.70. The van der Waals surface area contributed by atoms with E-state index in [1.54, 1.807) is 12.1 Å². The van der Waals surface area contributed by atoms with Crippen LogP contribution in [-0.2, 0) is 0 Å². The highest BCUT2D eigenvalue weighted by molar-refractivity contribution is 5.94. The second-order valence-electron chi connectivity index (χ2n) is 7.47. The number of nitrogens with one attached hydrogen (secondary N) is 3. The lowest BCUT2D eigenvalue weighted by atomic mass is 10.0. The SMILES string of the molecule is C[NH+]1CC[NH+]([C@H](CNC(=O)c2ccccc2F)c2ccc3c(c2)OCO3)CC1. The van der Waals surface area contributed by atoms with Crippen LogP contribution in [0.4, 0.5) is 4.39 Å². The summed E-state index contributed by atoms with van der Waals surface area (Å²) < 4.78 is 24.9. The Hall–Kier alpha value is -2.64. The predicted octanol–water partition coefficient (Wildman–Crippen LogP) is -0.561. The molecule has 0 unspecified atom stereocenters. The van der Waals surface area contributed by atoms with Crippen molar-refractivity contribution in [2.24, 2.45) is 0 Å². The molecule has 148 valence electrons. The minimum Gasteiger partial charge on any atom is -0.454 e. The molecule has 4 rings (SSSR count). The molecule has 1 amide bonds. The third-order valence-electron chi connectivity index (χ3n) is 5.62. The van der Waals surface area contributed by atoms with Gasteiger partial charge in [0.15, 0.2) is 11.5 Å². The number of piperazine rings is 1. The molecule has 3 N–H and O–H groups in total. The maximum Gasteiger partial charge on any atom is 0.254 e. The molecule has 0 aliphatic carbocycles. The Morgan fingerprint density at radius 2 is 1.86 bits per heavy atom. The fourth-order valence-corrected chi connectivity index (χ4v) is 3.91. The minimum atomic E-state index is -0.504. The van der Waals surface area contributed by atoms with E-state index >= 15 is 0 Å². The number of quaternary nitrogens is 2. The Morgan fingerprint density at radius 1 is 1.11 bits per heavy atom. The van der Waals surface area contributed by atoms with Crippen molar-refractivity contribution in [3.05, 3.63) is 59.4 Å². The third-order valence-corrected chi connectivity index (χ3v) is 5.62. The zero-order chi connectivity index (χ0) is 19.5. The maximum absolute atomic E-state index is 13.9. The van der Waals surface area contributed by atoms with E-state index < -0.39 is 5.82 Å². The summed E-state index contributed by atoms with van der Waals surface area (Å²) in [6.07, 6.45) is 0. The van der Waals surface area contributed by atoms with E-state index in [9.17, 15) is 9.18 Å². The molecule has 0 aromatic heterocycles. The summed E-state index contributed by atoms with van der Waals surface area (Å²) >= 11 is 0. The molecular weight excluding hydrogens is 361 g/mol. The Balaban J connectivity index is 1.53. The summed E-state index contributed by atoms with van der Waals surface area (Å²) in [5, 5.41) is 2.94. The molecule has 28 heavy (non-hydrogen) atoms. The topological polar surface area (TPSA) is 56.4 Å². The van der Waals surface area contributed by atoms with Crippen LogP contribution in [-0.4, -0.2) is 52.5 Å². The van der Waals surface area contributed by atoms with Crippen molar-refractivity contribution < 1.29 is 28.5 Å². The highest BCUT2D eigenvalue weighted by Crippen LogP contribution is 2.33. The van der Waals surface area contributed by atoms with Gasteiger partial charge in [-0.15, -0.1) is 0 Å². The molecule has 2 heterocycles. The summed E-state index contributed by atoms with van der Waals surface area (Å²) in [6.45, 7) is 4.86. The number of amides is 1. The average Bonchev–Trinajstić information content (AvgIpc) is 3.17. The molecule has 1 atom stereocenters. The second-order valence-corrected chi connectivity index (χ2v) is 7.47. The fraction of sp³-hybridized carbons (Fsp3) is 0.381. The maximum atomic E-state index is 13.9. The lowest BCUT2D eigenvalue weighted by molar-refractivity contribution is -1.02. The summed E-state index contributed by atoms with van der Waals surface area (Å²) in [5.41, 5.74) is 1.16. The molecule has 2 aromatic carbocycles. The van der Waals surface area contributed by atoms with Crippen LogP contribution in [0.3, 0.4) is 0 Å². The number of carbonyl (C=O) groups excluding carboxylic acids is 1. The van der Waals surface area contributed by atoms with Gasteiger partial charge in [-0.25, -0.2) is 4.39 Å². The van der Waals surface area contributed by atoms with Gasteiger partial charge >= 0.3 is 0 Å². The molecule has 0 saturated carbocycles. The van der Waals surface area contributed by atoms with Gasteiger partial charge in [0, 0.05) is 5.56 Å². The van der Waals surface area contributed by atoms with Gasteiger partial charge in [-0.1, -0.05) is 12.1 Å². The first-order chi connectivity index (χ1) is 13.6. The first-order valence-electron chi connectivity index (χ1n) is 9.70. The van der Waals surface area contributed by atoms with Crippen molar-refractivity contribution in [2.45, 2.75) is 6.04 Å². The van der Waals surface area contributed by atoms with E-state index in [0.29, 0.717) is 6.54 Å². The highest BCUT2D eigenvalue weighted by Gasteiger charge is 2.31. The van der Waals surface area contributed by atoms with Crippen LogP contribution in [0.1, 0.15) is 22.0 Å². The van der Waals surface area contributed by atoms with Gasteiger partial charge in [-0.2, -0.15) is 0 Å². The number of ether oxygens (including phenoxy) is 2. The van der Waals surface area contributed by atoms with E-state index in [4.69, 9.17) is 9.47 Å². The Labute approximate surface area is 163 Å². The number of benzene rings is 2. The van der Waals surface area contributed by atoms with Crippen LogP contribution in [0.25, 0.3) is 0 Å². The van der Waals surface area contributed by atoms with Gasteiger partial charge in [-0.05, 0) is 30.3 Å². The van der Waals surface area contributed by atoms with Crippen molar-refractivity contribution in [2.75, 3.05) is 46.6 Å². The second kappa shape index (κ2) is 8.16. The molecule has 7 heteroatoms. The molecule has 0 spiro atoms. The molecule has 1 saturated heterocycles. The lowest BCUT2D eigenvalue weighted by Crippen LogP contribution is -3.27. The van der Waals surface area contributed by atoms with E-state index in [1.807, 2.05) is 18.2 Å². The molecule has 1 fully saturated rings. The fourth-order valence-electron chi connectivity index (χ4n) is 3.91. The molecule has 2 aromatic rings. The molecule has 0 bridgehead atoms. The summed E-state index contributed by atoms with van der Waals surface area (Å²) in [6, 6.07) is 12.1. The number of likely N-dealkylation sites (N-methyl/N-ethyl adjacent to an activating group) is 1. The third kappa shape index (κ3) is 3.95. The monoisotopic (exact) mass is 387 g/mol. The van der Waals surface area contributed by atoms with Gasteiger partial charge in [0.25, 0.3) is 5.91 Å². The number of fused-ring (bicyclic) bond motifs is 1. The van der Waals surface area contributed by atoms with E-state index in [-0.39, 0.29) is 24.3 Å². The molecular formula is C21H26FN3O3+2. The minimum absolute atomic E-state index is 0.0679. The smallest absolute Gasteiger partial charge is 0.254 e. The quantitative estimate of drug-likeness (QED) is 0.645. The van der Waals surface area contributed by atoms with Gasteiger partial charge in [0.05, 0.1) is 19.2 Å². The Kier molecular flexibility index (Phi) is 5.45.